The summed E-state index contributed by atoms with van der Waals surface area (Å²) in [6.45, 7) is 1.01. The summed E-state index contributed by atoms with van der Waals surface area (Å²) >= 11 is 0. The summed E-state index contributed by atoms with van der Waals surface area (Å²) in [5.41, 5.74) is 4.66. The van der Waals surface area contributed by atoms with Crippen molar-refractivity contribution in [3.05, 3.63) is 143 Å². The topological polar surface area (TPSA) is 197 Å². The van der Waals surface area contributed by atoms with Crippen molar-refractivity contribution in [3.8, 4) is 0 Å². The molecule has 0 spiro atoms. The first-order valence-electron chi connectivity index (χ1n) is 18.5. The van der Waals surface area contributed by atoms with Crippen LogP contribution < -0.4 is 10.6 Å². The molecule has 2 fully saturated rings. The van der Waals surface area contributed by atoms with E-state index in [1.807, 2.05) is 60.7 Å². The fourth-order valence-corrected chi connectivity index (χ4v) is 7.38. The number of imidazole rings is 2. The number of hydrogen-bond acceptors (Lipinski definition) is 6. The molecule has 0 bridgehead atoms. The fraction of sp³-hybridized carbons (Fsp3) is 0.238. The standard InChI is InChI=1S/C42H42N8O6/c51-39(35(47-41(53)54)29-9-3-1-4-10-29)49-23-7-13-33(49)37-43-25-31(45-37)21-19-27-15-17-28(18-16-27)20-22-32-26-44-38(46-32)34-14-8-24-50(34)40(52)36(48-42(55)56)30-11-5-2-6-12-30/h1-6,9-12,15-22,25-26,33-36,47-48H,7-8,13-14,23-24H2,(H,43,45)(H,44,46)(H,53,54)(H,55,56)/t33-,34-,35+,36+/m0/s1. The summed E-state index contributed by atoms with van der Waals surface area (Å²) in [4.78, 5) is 69.6. The molecule has 14 heteroatoms. The minimum Gasteiger partial charge on any atom is -0.465 e. The Morgan fingerprint density at radius 3 is 1.38 bits per heavy atom. The molecule has 0 saturated carbocycles. The number of nitrogens with zero attached hydrogens (tertiary/aromatic N) is 4. The molecule has 2 aliphatic heterocycles. The first-order valence-corrected chi connectivity index (χ1v) is 18.5. The van der Waals surface area contributed by atoms with Crippen molar-refractivity contribution in [2.75, 3.05) is 13.1 Å². The normalized spacial score (nSPS) is 18.0. The van der Waals surface area contributed by atoms with Gasteiger partial charge in [-0.2, -0.15) is 0 Å². The lowest BCUT2D eigenvalue weighted by Gasteiger charge is -2.28. The van der Waals surface area contributed by atoms with Crippen LogP contribution in [-0.2, 0) is 9.59 Å². The van der Waals surface area contributed by atoms with E-state index < -0.39 is 24.3 Å². The monoisotopic (exact) mass is 754 g/mol. The van der Waals surface area contributed by atoms with Gasteiger partial charge in [0.2, 0.25) is 0 Å². The molecule has 7 rings (SSSR count). The number of carbonyl (C=O) groups is 4. The van der Waals surface area contributed by atoms with Gasteiger partial charge in [-0.1, -0.05) is 97.1 Å². The average Bonchev–Trinajstić information content (AvgIpc) is 4.05. The number of hydrogen-bond donors (Lipinski definition) is 6. The largest absolute Gasteiger partial charge is 0.465 e. The zero-order valence-corrected chi connectivity index (χ0v) is 30.4. The highest BCUT2D eigenvalue weighted by atomic mass is 16.4. The lowest BCUT2D eigenvalue weighted by molar-refractivity contribution is -0.135. The zero-order valence-electron chi connectivity index (χ0n) is 30.4. The smallest absolute Gasteiger partial charge is 0.405 e. The molecule has 0 aliphatic carbocycles. The summed E-state index contributed by atoms with van der Waals surface area (Å²) < 4.78 is 0. The van der Waals surface area contributed by atoms with Gasteiger partial charge < -0.3 is 40.6 Å². The Morgan fingerprint density at radius 2 is 1.00 bits per heavy atom. The quantitative estimate of drug-likeness (QED) is 0.0798. The van der Waals surface area contributed by atoms with Crippen LogP contribution >= 0.6 is 0 Å². The van der Waals surface area contributed by atoms with Crippen molar-refractivity contribution >= 4 is 48.3 Å². The first-order chi connectivity index (χ1) is 27.2. The van der Waals surface area contributed by atoms with E-state index >= 15 is 0 Å². The van der Waals surface area contributed by atoms with Crippen molar-refractivity contribution in [3.63, 3.8) is 0 Å². The van der Waals surface area contributed by atoms with E-state index in [0.717, 1.165) is 35.4 Å². The van der Waals surface area contributed by atoms with Crippen LogP contribution in [0.1, 0.15) is 95.1 Å². The van der Waals surface area contributed by atoms with Crippen molar-refractivity contribution in [2.24, 2.45) is 0 Å². The van der Waals surface area contributed by atoms with E-state index in [1.165, 1.54) is 0 Å². The first kappa shape index (κ1) is 37.4. The molecule has 3 aromatic carbocycles. The van der Waals surface area contributed by atoms with Crippen molar-refractivity contribution < 1.29 is 29.4 Å². The number of aromatic amines is 2. The second-order valence-corrected chi connectivity index (χ2v) is 13.7. The third-order valence-electron chi connectivity index (χ3n) is 10.1. The van der Waals surface area contributed by atoms with Gasteiger partial charge in [-0.25, -0.2) is 19.6 Å². The Kier molecular flexibility index (Phi) is 11.4. The maximum absolute atomic E-state index is 13.6. The summed E-state index contributed by atoms with van der Waals surface area (Å²) in [6.07, 6.45) is 11.7. The maximum Gasteiger partial charge on any atom is 0.405 e. The zero-order chi connectivity index (χ0) is 39.0. The molecule has 4 heterocycles. The number of H-pyrrole nitrogens is 2. The van der Waals surface area contributed by atoms with Crippen LogP contribution in [0.2, 0.25) is 0 Å². The van der Waals surface area contributed by atoms with Gasteiger partial charge in [0.15, 0.2) is 0 Å². The van der Waals surface area contributed by atoms with Crippen molar-refractivity contribution in [1.82, 2.24) is 40.4 Å². The molecule has 14 nitrogen and oxygen atoms in total. The highest BCUT2D eigenvalue weighted by molar-refractivity contribution is 5.88. The number of likely N-dealkylation sites (tertiary alicyclic amines) is 2. The summed E-state index contributed by atoms with van der Waals surface area (Å²) in [5, 5.41) is 23.6. The number of amides is 4. The molecule has 5 aromatic rings. The molecular formula is C42H42N8O6. The SMILES string of the molecule is O=C(O)N[C@@H](C(=O)N1CCC[C@H]1c1ncc(C=Cc2ccc(C=Cc3cnc([C@@H]4CCCN4C(=O)[C@H](NC(=O)O)c4ccccc4)[nH]3)cc2)[nH]1)c1ccccc1. The molecular weight excluding hydrogens is 713 g/mol. The lowest BCUT2D eigenvalue weighted by atomic mass is 10.1. The van der Waals surface area contributed by atoms with E-state index in [-0.39, 0.29) is 23.9 Å². The third kappa shape index (κ3) is 8.70. The van der Waals surface area contributed by atoms with Crippen LogP contribution in [0, 0.1) is 0 Å². The predicted molar refractivity (Wildman–Crippen MR) is 210 cm³/mol. The van der Waals surface area contributed by atoms with Gasteiger partial charge in [0.1, 0.15) is 23.7 Å². The average molecular weight is 755 g/mol. The predicted octanol–water partition coefficient (Wildman–Crippen LogP) is 6.82. The van der Waals surface area contributed by atoms with Crippen LogP contribution in [0.25, 0.3) is 24.3 Å². The number of rotatable bonds is 12. The highest BCUT2D eigenvalue weighted by Gasteiger charge is 2.38. The van der Waals surface area contributed by atoms with Gasteiger partial charge in [0.05, 0.1) is 35.9 Å². The molecule has 0 unspecified atom stereocenters. The Balaban J connectivity index is 0.963. The minimum atomic E-state index is -1.26. The van der Waals surface area contributed by atoms with Crippen molar-refractivity contribution in [2.45, 2.75) is 49.9 Å². The summed E-state index contributed by atoms with van der Waals surface area (Å²) in [5.74, 6) is 0.681. The Labute approximate surface area is 323 Å². The van der Waals surface area contributed by atoms with Gasteiger partial charge in [-0.3, -0.25) is 9.59 Å². The fourth-order valence-electron chi connectivity index (χ4n) is 7.38. The summed E-state index contributed by atoms with van der Waals surface area (Å²) in [7, 11) is 0. The van der Waals surface area contributed by atoms with Gasteiger partial charge in [-0.15, -0.1) is 0 Å². The third-order valence-corrected chi connectivity index (χ3v) is 10.1. The second kappa shape index (κ2) is 17.0. The van der Waals surface area contributed by atoms with Crippen LogP contribution in [0.4, 0.5) is 9.59 Å². The molecule has 56 heavy (non-hydrogen) atoms. The van der Waals surface area contributed by atoms with E-state index in [9.17, 15) is 29.4 Å². The highest BCUT2D eigenvalue weighted by Crippen LogP contribution is 2.34. The Morgan fingerprint density at radius 1 is 0.607 bits per heavy atom. The van der Waals surface area contributed by atoms with Crippen LogP contribution in [0.5, 0.6) is 0 Å². The van der Waals surface area contributed by atoms with E-state index in [0.29, 0.717) is 48.7 Å². The Hall–Kier alpha value is -6.96. The molecule has 0 radical (unpaired) electrons. The molecule has 2 aliphatic rings. The minimum absolute atomic E-state index is 0.295. The van der Waals surface area contributed by atoms with Crippen LogP contribution in [0.3, 0.4) is 0 Å². The maximum atomic E-state index is 13.6. The van der Waals surface area contributed by atoms with Crippen LogP contribution in [-0.4, -0.2) is 77.0 Å². The number of carbonyl (C=O) groups excluding carboxylic acids is 2. The molecule has 2 aromatic heterocycles. The lowest BCUT2D eigenvalue weighted by Crippen LogP contribution is -2.42. The number of carboxylic acid groups (broad SMARTS) is 2. The van der Waals surface area contributed by atoms with E-state index in [2.05, 4.69) is 30.6 Å². The molecule has 6 N–H and O–H groups in total. The van der Waals surface area contributed by atoms with E-state index in [1.54, 1.807) is 70.7 Å². The number of nitrogens with one attached hydrogen (secondary N) is 4. The molecule has 2 saturated heterocycles. The summed E-state index contributed by atoms with van der Waals surface area (Å²) in [6, 6.07) is 23.1. The van der Waals surface area contributed by atoms with E-state index in [4.69, 9.17) is 0 Å². The number of aromatic nitrogens is 4. The van der Waals surface area contributed by atoms with Crippen LogP contribution in [0.15, 0.2) is 97.3 Å². The van der Waals surface area contributed by atoms with Gasteiger partial charge in [0.25, 0.3) is 11.8 Å². The molecule has 4 atom stereocenters. The second-order valence-electron chi connectivity index (χ2n) is 13.7. The van der Waals surface area contributed by atoms with Gasteiger partial charge in [-0.05, 0) is 60.1 Å². The van der Waals surface area contributed by atoms with Crippen molar-refractivity contribution in [1.29, 1.82) is 0 Å². The molecule has 286 valence electrons. The number of benzene rings is 3. The molecule has 4 amide bonds. The van der Waals surface area contributed by atoms with Gasteiger partial charge in [0, 0.05) is 13.1 Å². The Bertz CT molecular complexity index is 2060. The van der Waals surface area contributed by atoms with Gasteiger partial charge >= 0.3 is 12.2 Å².